The van der Waals surface area contributed by atoms with Crippen molar-refractivity contribution in [2.45, 2.75) is 31.1 Å². The van der Waals surface area contributed by atoms with E-state index in [2.05, 4.69) is 34.4 Å². The number of unbranched alkanes of at least 4 members (excludes halogenated alkanes) is 1. The van der Waals surface area contributed by atoms with E-state index in [9.17, 15) is 8.42 Å². The molecule has 0 fully saturated rings. The van der Waals surface area contributed by atoms with Crippen molar-refractivity contribution in [3.05, 3.63) is 84.4 Å². The number of thiocarbonyl (C=S) groups is 1. The molecule has 3 rings (SSSR count). The minimum Gasteiger partial charge on any atom is -0.332 e. The highest BCUT2D eigenvalue weighted by atomic mass is 32.2. The predicted molar refractivity (Wildman–Crippen MR) is 129 cm³/mol. The first-order chi connectivity index (χ1) is 14.5. The molecule has 0 aliphatic heterocycles. The molecule has 0 saturated carbocycles. The number of hydrogen-bond acceptors (Lipinski definition) is 3. The van der Waals surface area contributed by atoms with Crippen molar-refractivity contribution in [2.75, 3.05) is 15.4 Å². The molecule has 0 spiro atoms. The van der Waals surface area contributed by atoms with Gasteiger partial charge in [0.1, 0.15) is 0 Å². The Kier molecular flexibility index (Phi) is 7.43. The predicted octanol–water partition coefficient (Wildman–Crippen LogP) is 5.64. The molecule has 0 aliphatic rings. The Morgan fingerprint density at radius 3 is 1.93 bits per heavy atom. The average molecular weight is 440 g/mol. The van der Waals surface area contributed by atoms with Crippen molar-refractivity contribution in [3.63, 3.8) is 0 Å². The Morgan fingerprint density at radius 1 is 0.800 bits per heavy atom. The van der Waals surface area contributed by atoms with Crippen LogP contribution in [0.1, 0.15) is 25.3 Å². The Morgan fingerprint density at radius 2 is 1.37 bits per heavy atom. The van der Waals surface area contributed by atoms with Crippen molar-refractivity contribution in [3.8, 4) is 0 Å². The third-order valence-corrected chi connectivity index (χ3v) is 6.08. The second kappa shape index (κ2) is 10.2. The van der Waals surface area contributed by atoms with E-state index in [1.165, 1.54) is 18.4 Å². The average Bonchev–Trinajstić information content (AvgIpc) is 2.74. The highest BCUT2D eigenvalue weighted by Crippen LogP contribution is 2.18. The lowest BCUT2D eigenvalue weighted by Crippen LogP contribution is -2.19. The number of nitrogens with one attached hydrogen (secondary N) is 3. The number of rotatable bonds is 8. The van der Waals surface area contributed by atoms with Crippen molar-refractivity contribution in [1.29, 1.82) is 0 Å². The smallest absolute Gasteiger partial charge is 0.261 e. The van der Waals surface area contributed by atoms with E-state index in [1.807, 2.05) is 18.2 Å². The number of aryl methyl sites for hydroxylation is 1. The van der Waals surface area contributed by atoms with Gasteiger partial charge >= 0.3 is 0 Å². The SMILES string of the molecule is CCCCc1ccc(NC(=S)Nc2ccc(S(=O)(=O)Nc3ccccc3)cc2)cc1. The van der Waals surface area contributed by atoms with Gasteiger partial charge in [-0.3, -0.25) is 4.72 Å². The first kappa shape index (κ1) is 21.8. The number of sulfonamides is 1. The maximum absolute atomic E-state index is 12.5. The van der Waals surface area contributed by atoms with Gasteiger partial charge in [0.2, 0.25) is 0 Å². The molecule has 156 valence electrons. The topological polar surface area (TPSA) is 70.2 Å². The molecule has 30 heavy (non-hydrogen) atoms. The zero-order valence-electron chi connectivity index (χ0n) is 16.8. The molecule has 0 aromatic heterocycles. The van der Waals surface area contributed by atoms with Crippen LogP contribution in [0.25, 0.3) is 0 Å². The van der Waals surface area contributed by atoms with E-state index in [4.69, 9.17) is 12.2 Å². The van der Waals surface area contributed by atoms with Crippen molar-refractivity contribution in [2.24, 2.45) is 0 Å². The Hall–Kier alpha value is -2.90. The van der Waals surface area contributed by atoms with Crippen LogP contribution >= 0.6 is 12.2 Å². The summed E-state index contributed by atoms with van der Waals surface area (Å²) >= 11 is 5.36. The normalized spacial score (nSPS) is 11.0. The fourth-order valence-electron chi connectivity index (χ4n) is 2.87. The van der Waals surface area contributed by atoms with Gasteiger partial charge < -0.3 is 10.6 Å². The van der Waals surface area contributed by atoms with Crippen LogP contribution in [0.4, 0.5) is 17.1 Å². The van der Waals surface area contributed by atoms with Crippen LogP contribution < -0.4 is 15.4 Å². The summed E-state index contributed by atoms with van der Waals surface area (Å²) in [5, 5.41) is 6.65. The molecule has 0 saturated heterocycles. The van der Waals surface area contributed by atoms with E-state index < -0.39 is 10.0 Å². The molecular formula is C23H25N3O2S2. The number of anilines is 3. The van der Waals surface area contributed by atoms with E-state index in [1.54, 1.807) is 48.5 Å². The minimum atomic E-state index is -3.64. The van der Waals surface area contributed by atoms with Crippen molar-refractivity contribution in [1.82, 2.24) is 0 Å². The molecule has 0 amide bonds. The molecule has 0 heterocycles. The summed E-state index contributed by atoms with van der Waals surface area (Å²) < 4.78 is 27.6. The minimum absolute atomic E-state index is 0.179. The van der Waals surface area contributed by atoms with Crippen LogP contribution in [0.5, 0.6) is 0 Å². The van der Waals surface area contributed by atoms with Gasteiger partial charge in [-0.2, -0.15) is 0 Å². The molecule has 0 radical (unpaired) electrons. The molecule has 0 bridgehead atoms. The summed E-state index contributed by atoms with van der Waals surface area (Å²) in [5.41, 5.74) is 3.43. The lowest BCUT2D eigenvalue weighted by atomic mass is 10.1. The standard InChI is InChI=1S/C23H25N3O2S2/c1-2-3-7-18-10-12-19(13-11-18)24-23(29)25-20-14-16-22(17-15-20)30(27,28)26-21-8-5-4-6-9-21/h4-6,8-17,26H,2-3,7H2,1H3,(H2,24,25,29). The molecule has 3 N–H and O–H groups in total. The fraction of sp³-hybridized carbons (Fsp3) is 0.174. The van der Waals surface area contributed by atoms with Gasteiger partial charge in [0, 0.05) is 17.1 Å². The van der Waals surface area contributed by atoms with Gasteiger partial charge in [-0.05, 0) is 79.2 Å². The van der Waals surface area contributed by atoms with Crippen molar-refractivity contribution >= 4 is 44.4 Å². The fourth-order valence-corrected chi connectivity index (χ4v) is 4.16. The zero-order chi connectivity index (χ0) is 21.4. The van der Waals surface area contributed by atoms with Gasteiger partial charge in [0.05, 0.1) is 4.90 Å². The summed E-state index contributed by atoms with van der Waals surface area (Å²) in [5.74, 6) is 0. The Balaban J connectivity index is 1.57. The van der Waals surface area contributed by atoms with Gasteiger partial charge in [-0.1, -0.05) is 43.7 Å². The first-order valence-corrected chi connectivity index (χ1v) is 11.7. The molecule has 5 nitrogen and oxygen atoms in total. The molecule has 0 aliphatic carbocycles. The largest absolute Gasteiger partial charge is 0.332 e. The quantitative estimate of drug-likeness (QED) is 0.396. The zero-order valence-corrected chi connectivity index (χ0v) is 18.4. The number of hydrogen-bond donors (Lipinski definition) is 3. The highest BCUT2D eigenvalue weighted by Gasteiger charge is 2.14. The second-order valence-corrected chi connectivity index (χ2v) is 8.97. The highest BCUT2D eigenvalue weighted by molar-refractivity contribution is 7.92. The van der Waals surface area contributed by atoms with E-state index in [0.717, 1.165) is 12.1 Å². The first-order valence-electron chi connectivity index (χ1n) is 9.81. The molecule has 3 aromatic rings. The van der Waals surface area contributed by atoms with Gasteiger partial charge in [0.25, 0.3) is 10.0 Å². The summed E-state index contributed by atoms with van der Waals surface area (Å²) in [7, 11) is -3.64. The lowest BCUT2D eigenvalue weighted by Gasteiger charge is -2.12. The molecule has 3 aromatic carbocycles. The maximum Gasteiger partial charge on any atom is 0.261 e. The third-order valence-electron chi connectivity index (χ3n) is 4.48. The Bertz CT molecular complexity index is 1070. The Labute approximate surface area is 183 Å². The van der Waals surface area contributed by atoms with Crippen LogP contribution in [0.15, 0.2) is 83.8 Å². The lowest BCUT2D eigenvalue weighted by molar-refractivity contribution is 0.601. The van der Waals surface area contributed by atoms with E-state index in [-0.39, 0.29) is 4.90 Å². The van der Waals surface area contributed by atoms with E-state index in [0.29, 0.717) is 16.5 Å². The van der Waals surface area contributed by atoms with Crippen LogP contribution in [-0.4, -0.2) is 13.5 Å². The number of benzene rings is 3. The molecule has 7 heteroatoms. The van der Waals surface area contributed by atoms with Crippen molar-refractivity contribution < 1.29 is 8.42 Å². The monoisotopic (exact) mass is 439 g/mol. The summed E-state index contributed by atoms with van der Waals surface area (Å²) in [6.07, 6.45) is 3.43. The molecular weight excluding hydrogens is 414 g/mol. The van der Waals surface area contributed by atoms with Gasteiger partial charge in [0.15, 0.2) is 5.11 Å². The van der Waals surface area contributed by atoms with Gasteiger partial charge in [-0.25, -0.2) is 8.42 Å². The van der Waals surface area contributed by atoms with Crippen LogP contribution in [0, 0.1) is 0 Å². The summed E-state index contributed by atoms with van der Waals surface area (Å²) in [6, 6.07) is 23.4. The van der Waals surface area contributed by atoms with Crippen LogP contribution in [0.2, 0.25) is 0 Å². The third kappa shape index (κ3) is 6.30. The van der Waals surface area contributed by atoms with Gasteiger partial charge in [-0.15, -0.1) is 0 Å². The summed E-state index contributed by atoms with van der Waals surface area (Å²) in [6.45, 7) is 2.18. The van der Waals surface area contributed by atoms with E-state index >= 15 is 0 Å². The molecule has 0 unspecified atom stereocenters. The van der Waals surface area contributed by atoms with Crippen LogP contribution in [-0.2, 0) is 16.4 Å². The van der Waals surface area contributed by atoms with Crippen LogP contribution in [0.3, 0.4) is 0 Å². The number of para-hydroxylation sites is 1. The summed E-state index contributed by atoms with van der Waals surface area (Å²) in [4.78, 5) is 0.179. The maximum atomic E-state index is 12.5. The second-order valence-electron chi connectivity index (χ2n) is 6.88. The molecule has 0 atom stereocenters.